The summed E-state index contributed by atoms with van der Waals surface area (Å²) in [5, 5.41) is 2.76. The number of anilines is 1. The van der Waals surface area contributed by atoms with Crippen LogP contribution in [0.1, 0.15) is 12.0 Å². The molecule has 1 N–H and O–H groups in total. The highest BCUT2D eigenvalue weighted by atomic mass is 79.9. The molecule has 0 atom stereocenters. The topological polar surface area (TPSA) is 66.5 Å². The third kappa shape index (κ3) is 7.81. The number of thioether (sulfide) groups is 1. The molecular formula is C19H22BrFN2O3S2. The fourth-order valence-corrected chi connectivity index (χ4v) is 4.55. The van der Waals surface area contributed by atoms with Crippen LogP contribution in [0.25, 0.3) is 0 Å². The zero-order valence-corrected chi connectivity index (χ0v) is 18.6. The zero-order valence-electron chi connectivity index (χ0n) is 15.4. The minimum atomic E-state index is -3.58. The van der Waals surface area contributed by atoms with E-state index in [-0.39, 0.29) is 18.3 Å². The lowest BCUT2D eigenvalue weighted by Gasteiger charge is -2.22. The molecule has 0 unspecified atom stereocenters. The second kappa shape index (κ2) is 10.8. The Balaban J connectivity index is 1.74. The van der Waals surface area contributed by atoms with Gasteiger partial charge in [-0.15, -0.1) is 0 Å². The first kappa shape index (κ1) is 22.7. The van der Waals surface area contributed by atoms with Crippen molar-refractivity contribution in [2.75, 3.05) is 29.4 Å². The van der Waals surface area contributed by atoms with Crippen LogP contribution in [0.3, 0.4) is 0 Å². The number of carbonyl (C=O) groups is 1. The second-order valence-corrected chi connectivity index (χ2v) is 10.1. The average Bonchev–Trinajstić information content (AvgIpc) is 2.63. The predicted molar refractivity (Wildman–Crippen MR) is 117 cm³/mol. The smallest absolute Gasteiger partial charge is 0.240 e. The van der Waals surface area contributed by atoms with Gasteiger partial charge in [-0.2, -0.15) is 11.8 Å². The van der Waals surface area contributed by atoms with Gasteiger partial charge in [-0.1, -0.05) is 34.1 Å². The van der Waals surface area contributed by atoms with E-state index in [1.165, 1.54) is 12.1 Å². The SMILES string of the molecule is CS(=O)(=O)N(CC(=O)NCCCSCc1ccc(F)cc1)c1cccc(Br)c1. The quantitative estimate of drug-likeness (QED) is 0.516. The Morgan fingerprint density at radius 3 is 2.57 bits per heavy atom. The highest BCUT2D eigenvalue weighted by molar-refractivity contribution is 9.10. The number of hydrogen-bond donors (Lipinski definition) is 1. The Kier molecular flexibility index (Phi) is 8.78. The van der Waals surface area contributed by atoms with Crippen LogP contribution in [0.4, 0.5) is 10.1 Å². The maximum absolute atomic E-state index is 12.9. The molecule has 0 spiro atoms. The lowest BCUT2D eigenvalue weighted by Crippen LogP contribution is -2.40. The van der Waals surface area contributed by atoms with Crippen molar-refractivity contribution in [2.24, 2.45) is 0 Å². The van der Waals surface area contributed by atoms with Crippen molar-refractivity contribution in [3.05, 3.63) is 64.4 Å². The molecule has 1 amide bonds. The molecule has 5 nitrogen and oxygen atoms in total. The van der Waals surface area contributed by atoms with Gasteiger partial charge in [0.2, 0.25) is 15.9 Å². The van der Waals surface area contributed by atoms with Gasteiger partial charge < -0.3 is 5.32 Å². The molecule has 0 radical (unpaired) electrons. The first-order valence-corrected chi connectivity index (χ1v) is 12.4. The molecule has 0 aromatic heterocycles. The number of benzene rings is 2. The Hall–Kier alpha value is -1.58. The van der Waals surface area contributed by atoms with Crippen molar-refractivity contribution >= 4 is 49.3 Å². The van der Waals surface area contributed by atoms with Crippen molar-refractivity contribution in [2.45, 2.75) is 12.2 Å². The van der Waals surface area contributed by atoms with Crippen LogP contribution < -0.4 is 9.62 Å². The van der Waals surface area contributed by atoms with Crippen LogP contribution >= 0.6 is 27.7 Å². The molecule has 152 valence electrons. The summed E-state index contributed by atoms with van der Waals surface area (Å²) in [6, 6.07) is 13.2. The number of halogens is 2. The Bertz CT molecular complexity index is 892. The molecule has 0 aliphatic heterocycles. The van der Waals surface area contributed by atoms with Crippen LogP contribution in [0.5, 0.6) is 0 Å². The Morgan fingerprint density at radius 1 is 1.21 bits per heavy atom. The molecule has 0 bridgehead atoms. The van der Waals surface area contributed by atoms with Gasteiger partial charge in [-0.05, 0) is 48.1 Å². The van der Waals surface area contributed by atoms with Crippen LogP contribution in [0.2, 0.25) is 0 Å². The molecule has 2 aromatic carbocycles. The molecule has 0 saturated heterocycles. The average molecular weight is 489 g/mol. The van der Waals surface area contributed by atoms with Gasteiger partial charge in [0.05, 0.1) is 11.9 Å². The van der Waals surface area contributed by atoms with Gasteiger partial charge in [0, 0.05) is 16.8 Å². The van der Waals surface area contributed by atoms with Gasteiger partial charge in [0.15, 0.2) is 0 Å². The van der Waals surface area contributed by atoms with E-state index in [0.717, 1.165) is 38.5 Å². The van der Waals surface area contributed by atoms with E-state index in [4.69, 9.17) is 0 Å². The first-order chi connectivity index (χ1) is 13.3. The van der Waals surface area contributed by atoms with E-state index in [1.807, 2.05) is 0 Å². The van der Waals surface area contributed by atoms with Crippen LogP contribution in [0, 0.1) is 5.82 Å². The molecule has 0 aliphatic rings. The minimum absolute atomic E-state index is 0.248. The molecule has 0 fully saturated rings. The van der Waals surface area contributed by atoms with E-state index in [2.05, 4.69) is 21.2 Å². The van der Waals surface area contributed by atoms with E-state index in [9.17, 15) is 17.6 Å². The highest BCUT2D eigenvalue weighted by Crippen LogP contribution is 2.21. The maximum atomic E-state index is 12.9. The van der Waals surface area contributed by atoms with Crippen molar-refractivity contribution in [3.63, 3.8) is 0 Å². The van der Waals surface area contributed by atoms with Crippen LogP contribution in [0.15, 0.2) is 53.0 Å². The van der Waals surface area contributed by atoms with E-state index in [0.29, 0.717) is 12.2 Å². The third-order valence-electron chi connectivity index (χ3n) is 3.75. The minimum Gasteiger partial charge on any atom is -0.354 e. The number of sulfonamides is 1. The van der Waals surface area contributed by atoms with Crippen LogP contribution in [-0.4, -0.2) is 39.4 Å². The third-order valence-corrected chi connectivity index (χ3v) is 6.50. The number of nitrogens with zero attached hydrogens (tertiary/aromatic N) is 1. The summed E-state index contributed by atoms with van der Waals surface area (Å²) in [6.07, 6.45) is 1.83. The van der Waals surface area contributed by atoms with Crippen LogP contribution in [-0.2, 0) is 20.6 Å². The van der Waals surface area contributed by atoms with Gasteiger partial charge >= 0.3 is 0 Å². The molecule has 2 rings (SSSR count). The number of nitrogens with one attached hydrogen (secondary N) is 1. The molecule has 28 heavy (non-hydrogen) atoms. The summed E-state index contributed by atoms with van der Waals surface area (Å²) in [6.45, 7) is 0.198. The van der Waals surface area contributed by atoms with E-state index >= 15 is 0 Å². The molecule has 0 heterocycles. The molecule has 9 heteroatoms. The lowest BCUT2D eigenvalue weighted by molar-refractivity contribution is -0.119. The van der Waals surface area contributed by atoms with Gasteiger partial charge in [0.1, 0.15) is 12.4 Å². The second-order valence-electron chi connectivity index (χ2n) is 6.13. The summed E-state index contributed by atoms with van der Waals surface area (Å²) in [5.41, 5.74) is 1.48. The van der Waals surface area contributed by atoms with E-state index < -0.39 is 10.0 Å². The van der Waals surface area contributed by atoms with Crippen molar-refractivity contribution < 1.29 is 17.6 Å². The number of rotatable bonds is 10. The normalized spacial score (nSPS) is 11.2. The van der Waals surface area contributed by atoms with E-state index in [1.54, 1.807) is 48.2 Å². The summed E-state index contributed by atoms with van der Waals surface area (Å²) in [5.74, 6) is 1.01. The predicted octanol–water partition coefficient (Wildman–Crippen LogP) is 3.79. The largest absolute Gasteiger partial charge is 0.354 e. The van der Waals surface area contributed by atoms with Crippen molar-refractivity contribution in [1.82, 2.24) is 5.32 Å². The molecule has 0 aliphatic carbocycles. The van der Waals surface area contributed by atoms with Crippen molar-refractivity contribution in [1.29, 1.82) is 0 Å². The lowest BCUT2D eigenvalue weighted by atomic mass is 10.2. The fourth-order valence-electron chi connectivity index (χ4n) is 2.39. The number of carbonyl (C=O) groups excluding carboxylic acids is 1. The molecule has 2 aromatic rings. The monoisotopic (exact) mass is 488 g/mol. The summed E-state index contributed by atoms with van der Waals surface area (Å²) in [7, 11) is -3.58. The molecular weight excluding hydrogens is 467 g/mol. The fraction of sp³-hybridized carbons (Fsp3) is 0.316. The molecule has 0 saturated carbocycles. The van der Waals surface area contributed by atoms with Gasteiger partial charge in [-0.25, -0.2) is 12.8 Å². The van der Waals surface area contributed by atoms with Crippen molar-refractivity contribution in [3.8, 4) is 0 Å². The Labute approximate surface area is 177 Å². The first-order valence-electron chi connectivity index (χ1n) is 8.58. The zero-order chi connectivity index (χ0) is 20.6. The summed E-state index contributed by atoms with van der Waals surface area (Å²) in [4.78, 5) is 12.2. The van der Waals surface area contributed by atoms with Gasteiger partial charge in [-0.3, -0.25) is 9.10 Å². The summed E-state index contributed by atoms with van der Waals surface area (Å²) >= 11 is 5.00. The summed E-state index contributed by atoms with van der Waals surface area (Å²) < 4.78 is 38.8. The van der Waals surface area contributed by atoms with Gasteiger partial charge in [0.25, 0.3) is 0 Å². The number of hydrogen-bond acceptors (Lipinski definition) is 4. The highest BCUT2D eigenvalue weighted by Gasteiger charge is 2.20. The number of amides is 1. The Morgan fingerprint density at radius 2 is 1.93 bits per heavy atom. The standard InChI is InChI=1S/C19H22BrFN2O3S2/c1-28(25,26)23(18-5-2-4-16(20)12-18)13-19(24)22-10-3-11-27-14-15-6-8-17(21)9-7-15/h2,4-9,12H,3,10-11,13-14H2,1H3,(H,22,24). The maximum Gasteiger partial charge on any atom is 0.240 e.